The molecule has 31 heavy (non-hydrogen) atoms. The van der Waals surface area contributed by atoms with E-state index in [4.69, 9.17) is 9.47 Å². The molecule has 2 N–H and O–H groups in total. The number of aromatic nitrogens is 2. The lowest BCUT2D eigenvalue weighted by atomic mass is 10.2. The predicted molar refractivity (Wildman–Crippen MR) is 121 cm³/mol. The zero-order chi connectivity index (χ0) is 22.4. The Morgan fingerprint density at radius 1 is 1.23 bits per heavy atom. The molecule has 0 fully saturated rings. The minimum atomic E-state index is -3.50. The van der Waals surface area contributed by atoms with E-state index in [1.165, 1.54) is 24.6 Å². The highest BCUT2D eigenvalue weighted by molar-refractivity contribution is 7.65. The quantitative estimate of drug-likeness (QED) is 0.467. The molecular weight excluding hydrogens is 437 g/mol. The van der Waals surface area contributed by atoms with Gasteiger partial charge in [0.05, 0.1) is 25.1 Å². The molecular formula is C21H24N3O5PS. The van der Waals surface area contributed by atoms with Crippen LogP contribution < -0.4 is 20.2 Å². The van der Waals surface area contributed by atoms with Crippen molar-refractivity contribution in [3.63, 3.8) is 0 Å². The van der Waals surface area contributed by atoms with Crippen molar-refractivity contribution in [2.75, 3.05) is 18.6 Å². The van der Waals surface area contributed by atoms with E-state index in [2.05, 4.69) is 20.7 Å². The van der Waals surface area contributed by atoms with Crippen LogP contribution in [0.1, 0.15) is 29.8 Å². The average molecular weight is 461 g/mol. The molecule has 8 nitrogen and oxygen atoms in total. The highest BCUT2D eigenvalue weighted by Crippen LogP contribution is 2.32. The van der Waals surface area contributed by atoms with Gasteiger partial charge in [-0.3, -0.25) is 9.36 Å². The van der Waals surface area contributed by atoms with E-state index < -0.39 is 13.3 Å². The summed E-state index contributed by atoms with van der Waals surface area (Å²) in [4.78, 5) is 30.2. The molecule has 0 bridgehead atoms. The van der Waals surface area contributed by atoms with Gasteiger partial charge >= 0.3 is 0 Å². The lowest BCUT2D eigenvalue weighted by molar-refractivity contribution is 0.102. The predicted octanol–water partition coefficient (Wildman–Crippen LogP) is 3.72. The van der Waals surface area contributed by atoms with Crippen LogP contribution in [0.2, 0.25) is 0 Å². The summed E-state index contributed by atoms with van der Waals surface area (Å²) in [6.07, 6.45) is 3.10. The van der Waals surface area contributed by atoms with E-state index in [0.717, 1.165) is 6.42 Å². The van der Waals surface area contributed by atoms with Gasteiger partial charge in [-0.1, -0.05) is 0 Å². The van der Waals surface area contributed by atoms with E-state index in [-0.39, 0.29) is 17.4 Å². The molecule has 3 rings (SSSR count). The maximum atomic E-state index is 12.8. The van der Waals surface area contributed by atoms with Crippen molar-refractivity contribution in [1.29, 1.82) is 0 Å². The SMILES string of the molecule is CC(C)Oc1cc(OCCc2ccsc2)cc(C(=O)Nc2cnc(P(C)(=O)O)cn2)c1. The summed E-state index contributed by atoms with van der Waals surface area (Å²) in [5.41, 5.74) is 1.50. The summed E-state index contributed by atoms with van der Waals surface area (Å²) in [6.45, 7) is 5.44. The van der Waals surface area contributed by atoms with Gasteiger partial charge in [-0.2, -0.15) is 11.3 Å². The van der Waals surface area contributed by atoms with E-state index in [1.807, 2.05) is 25.3 Å². The number of benzene rings is 1. The fourth-order valence-corrected chi connectivity index (χ4v) is 3.88. The van der Waals surface area contributed by atoms with Gasteiger partial charge in [0, 0.05) is 24.7 Å². The maximum Gasteiger partial charge on any atom is 0.257 e. The lowest BCUT2D eigenvalue weighted by Crippen LogP contribution is -2.17. The molecule has 3 aromatic rings. The van der Waals surface area contributed by atoms with E-state index in [1.54, 1.807) is 29.5 Å². The fraction of sp³-hybridized carbons (Fsp3) is 0.286. The molecule has 0 spiro atoms. The number of nitrogens with one attached hydrogen (secondary N) is 1. The largest absolute Gasteiger partial charge is 0.493 e. The first kappa shape index (κ1) is 22.9. The second-order valence-electron chi connectivity index (χ2n) is 7.18. The van der Waals surface area contributed by atoms with Crippen LogP contribution in [0.4, 0.5) is 5.82 Å². The molecule has 10 heteroatoms. The zero-order valence-electron chi connectivity index (χ0n) is 17.4. The Morgan fingerprint density at radius 3 is 2.61 bits per heavy atom. The number of nitrogens with zero attached hydrogens (tertiary/aromatic N) is 2. The first-order chi connectivity index (χ1) is 14.7. The average Bonchev–Trinajstić information content (AvgIpc) is 3.20. The fourth-order valence-electron chi connectivity index (χ4n) is 2.64. The summed E-state index contributed by atoms with van der Waals surface area (Å²) in [5, 5.41) is 6.72. The van der Waals surface area contributed by atoms with Crippen molar-refractivity contribution in [3.8, 4) is 11.5 Å². The van der Waals surface area contributed by atoms with Crippen molar-refractivity contribution in [1.82, 2.24) is 9.97 Å². The van der Waals surface area contributed by atoms with Gasteiger partial charge in [0.2, 0.25) is 7.37 Å². The van der Waals surface area contributed by atoms with E-state index in [0.29, 0.717) is 23.7 Å². The molecule has 0 saturated heterocycles. The highest BCUT2D eigenvalue weighted by atomic mass is 32.1. The molecule has 2 aromatic heterocycles. The van der Waals surface area contributed by atoms with Gasteiger partial charge in [-0.25, -0.2) is 9.97 Å². The molecule has 0 aliphatic rings. The number of carbonyl (C=O) groups excluding carboxylic acids is 1. The van der Waals surface area contributed by atoms with Gasteiger partial charge < -0.3 is 19.7 Å². The Balaban J connectivity index is 1.74. The van der Waals surface area contributed by atoms with Crippen molar-refractivity contribution < 1.29 is 23.7 Å². The second kappa shape index (κ2) is 10.0. The van der Waals surface area contributed by atoms with Gasteiger partial charge in [0.25, 0.3) is 5.91 Å². The van der Waals surface area contributed by atoms with Crippen LogP contribution in [0.25, 0.3) is 0 Å². The Hall–Kier alpha value is -2.74. The molecule has 1 unspecified atom stereocenters. The number of thiophene rings is 1. The number of hydrogen-bond donors (Lipinski definition) is 2. The summed E-state index contributed by atoms with van der Waals surface area (Å²) >= 11 is 1.64. The second-order valence-corrected chi connectivity index (χ2v) is 10.2. The molecule has 0 saturated carbocycles. The number of anilines is 1. The van der Waals surface area contributed by atoms with Crippen molar-refractivity contribution in [2.45, 2.75) is 26.4 Å². The zero-order valence-corrected chi connectivity index (χ0v) is 19.2. The Kier molecular flexibility index (Phi) is 7.43. The number of hydrogen-bond acceptors (Lipinski definition) is 7. The van der Waals surface area contributed by atoms with Crippen LogP contribution in [-0.4, -0.2) is 40.1 Å². The summed E-state index contributed by atoms with van der Waals surface area (Å²) in [5.74, 6) is 0.772. The molecule has 0 aliphatic carbocycles. The van der Waals surface area contributed by atoms with Crippen molar-refractivity contribution in [2.24, 2.45) is 0 Å². The monoisotopic (exact) mass is 461 g/mol. The topological polar surface area (TPSA) is 111 Å². The van der Waals surface area contributed by atoms with E-state index >= 15 is 0 Å². The minimum absolute atomic E-state index is 0.0286. The molecule has 164 valence electrons. The smallest absolute Gasteiger partial charge is 0.257 e. The van der Waals surface area contributed by atoms with Crippen molar-refractivity contribution in [3.05, 3.63) is 58.5 Å². The third-order valence-corrected chi connectivity index (χ3v) is 5.87. The number of rotatable bonds is 9. The Morgan fingerprint density at radius 2 is 2.00 bits per heavy atom. The minimum Gasteiger partial charge on any atom is -0.493 e. The van der Waals surface area contributed by atoms with Gasteiger partial charge in [-0.15, -0.1) is 0 Å². The standard InChI is InChI=1S/C21H24N3O5PS/c1-14(2)29-18-9-16(8-17(10-18)28-6-4-15-5-7-31-13-15)21(25)24-19-11-23-20(12-22-19)30(3,26)27/h5,7-14H,4,6H2,1-3H3,(H,26,27)(H,22,24,25). The normalized spacial score (nSPS) is 12.9. The highest BCUT2D eigenvalue weighted by Gasteiger charge is 2.17. The molecule has 0 radical (unpaired) electrons. The van der Waals surface area contributed by atoms with E-state index in [9.17, 15) is 14.3 Å². The molecule has 1 aromatic carbocycles. The van der Waals surface area contributed by atoms with Gasteiger partial charge in [0.15, 0.2) is 5.82 Å². The van der Waals surface area contributed by atoms with Crippen LogP contribution in [0.5, 0.6) is 11.5 Å². The summed E-state index contributed by atoms with van der Waals surface area (Å²) < 4.78 is 23.2. The van der Waals surface area contributed by atoms with Gasteiger partial charge in [-0.05, 0) is 48.4 Å². The molecule has 1 amide bonds. The first-order valence-corrected chi connectivity index (χ1v) is 12.7. The van der Waals surface area contributed by atoms with Crippen LogP contribution in [0.3, 0.4) is 0 Å². The third kappa shape index (κ3) is 6.89. The van der Waals surface area contributed by atoms with Crippen LogP contribution in [0.15, 0.2) is 47.4 Å². The molecule has 0 aliphatic heterocycles. The molecule has 2 heterocycles. The first-order valence-electron chi connectivity index (χ1n) is 9.60. The lowest BCUT2D eigenvalue weighted by Gasteiger charge is -2.14. The van der Waals surface area contributed by atoms with Crippen molar-refractivity contribution >= 4 is 35.9 Å². The van der Waals surface area contributed by atoms with Crippen LogP contribution in [0, 0.1) is 0 Å². The maximum absolute atomic E-state index is 12.8. The molecule has 1 atom stereocenters. The summed E-state index contributed by atoms with van der Waals surface area (Å²) in [7, 11) is -3.50. The number of carbonyl (C=O) groups is 1. The van der Waals surface area contributed by atoms with Gasteiger partial charge in [0.1, 0.15) is 16.9 Å². The van der Waals surface area contributed by atoms with Crippen LogP contribution in [-0.2, 0) is 11.0 Å². The Bertz CT molecular complexity index is 1070. The number of amides is 1. The number of ether oxygens (including phenoxy) is 2. The van der Waals surface area contributed by atoms with Crippen LogP contribution >= 0.6 is 18.7 Å². The Labute approximate surface area is 184 Å². The third-order valence-electron chi connectivity index (χ3n) is 4.06. The summed E-state index contributed by atoms with van der Waals surface area (Å²) in [6, 6.07) is 7.05.